The van der Waals surface area contributed by atoms with Crippen molar-refractivity contribution in [3.05, 3.63) is 28.0 Å². The molecule has 118 valence electrons. The highest BCUT2D eigenvalue weighted by molar-refractivity contribution is 9.10. The monoisotopic (exact) mass is 380 g/mol. The largest absolute Gasteiger partial charge is 0.352 e. The van der Waals surface area contributed by atoms with Crippen molar-refractivity contribution in [1.82, 2.24) is 5.32 Å². The summed E-state index contributed by atoms with van der Waals surface area (Å²) < 4.78 is 36.2. The molecular formula is C13H18BrFN2O3S. The Morgan fingerprint density at radius 2 is 2.00 bits per heavy atom. The van der Waals surface area contributed by atoms with Crippen molar-refractivity contribution in [2.75, 3.05) is 6.54 Å². The minimum Gasteiger partial charge on any atom is -0.352 e. The quantitative estimate of drug-likeness (QED) is 0.712. The first-order chi connectivity index (χ1) is 9.77. The van der Waals surface area contributed by atoms with E-state index in [1.54, 1.807) is 0 Å². The fourth-order valence-electron chi connectivity index (χ4n) is 1.79. The van der Waals surface area contributed by atoms with Crippen molar-refractivity contribution in [3.63, 3.8) is 0 Å². The van der Waals surface area contributed by atoms with Crippen molar-refractivity contribution in [2.45, 2.75) is 37.5 Å². The number of primary sulfonamides is 1. The van der Waals surface area contributed by atoms with E-state index in [0.717, 1.165) is 37.8 Å². The number of rotatable bonds is 7. The first kappa shape index (κ1) is 18.1. The second kappa shape index (κ2) is 7.86. The number of sulfonamides is 1. The number of benzene rings is 1. The Bertz CT molecular complexity index is 620. The topological polar surface area (TPSA) is 89.3 Å². The molecule has 0 bridgehead atoms. The van der Waals surface area contributed by atoms with Gasteiger partial charge in [-0.25, -0.2) is 17.9 Å². The number of carbonyl (C=O) groups excluding carboxylic acids is 1. The van der Waals surface area contributed by atoms with Crippen LogP contribution in [0.4, 0.5) is 4.39 Å². The van der Waals surface area contributed by atoms with Crippen LogP contribution in [0.5, 0.6) is 0 Å². The number of nitrogens with two attached hydrogens (primary N) is 1. The van der Waals surface area contributed by atoms with Crippen LogP contribution in [-0.2, 0) is 10.0 Å². The molecule has 0 unspecified atom stereocenters. The Kier molecular flexibility index (Phi) is 6.76. The third-order valence-corrected chi connectivity index (χ3v) is 4.92. The molecule has 8 heteroatoms. The van der Waals surface area contributed by atoms with Crippen molar-refractivity contribution in [2.24, 2.45) is 5.14 Å². The van der Waals surface area contributed by atoms with Gasteiger partial charge in [-0.05, 0) is 34.5 Å². The van der Waals surface area contributed by atoms with Crippen LogP contribution in [-0.4, -0.2) is 20.9 Å². The lowest BCUT2D eigenvalue weighted by Gasteiger charge is -2.10. The normalized spacial score (nSPS) is 11.4. The van der Waals surface area contributed by atoms with Gasteiger partial charge in [0.2, 0.25) is 10.0 Å². The average Bonchev–Trinajstić information content (AvgIpc) is 2.39. The number of hydrogen-bond acceptors (Lipinski definition) is 3. The smallest absolute Gasteiger partial charge is 0.252 e. The molecule has 0 saturated carbocycles. The molecule has 0 aliphatic rings. The molecule has 0 atom stereocenters. The lowest BCUT2D eigenvalue weighted by molar-refractivity contribution is 0.0951. The zero-order chi connectivity index (χ0) is 16.0. The molecule has 21 heavy (non-hydrogen) atoms. The van der Waals surface area contributed by atoms with Crippen molar-refractivity contribution in [1.29, 1.82) is 0 Å². The highest BCUT2D eigenvalue weighted by Gasteiger charge is 2.21. The van der Waals surface area contributed by atoms with Crippen molar-refractivity contribution in [3.8, 4) is 0 Å². The van der Waals surface area contributed by atoms with Gasteiger partial charge in [-0.3, -0.25) is 4.79 Å². The number of hydrogen-bond donors (Lipinski definition) is 2. The van der Waals surface area contributed by atoms with E-state index < -0.39 is 26.6 Å². The molecule has 0 fully saturated rings. The maximum Gasteiger partial charge on any atom is 0.252 e. The molecule has 1 aromatic carbocycles. The van der Waals surface area contributed by atoms with Gasteiger partial charge in [0.05, 0.1) is 14.9 Å². The first-order valence-corrected chi connectivity index (χ1v) is 8.91. The fraction of sp³-hybridized carbons (Fsp3) is 0.462. The number of nitrogens with one attached hydrogen (secondary N) is 1. The van der Waals surface area contributed by atoms with Crippen LogP contribution in [0.3, 0.4) is 0 Å². The minimum absolute atomic E-state index is 0.0301. The summed E-state index contributed by atoms with van der Waals surface area (Å²) >= 11 is 3.00. The predicted octanol–water partition coefficient (Wildman–Crippen LogP) is 2.55. The molecule has 0 heterocycles. The van der Waals surface area contributed by atoms with Gasteiger partial charge in [0.15, 0.2) is 0 Å². The Hall–Kier alpha value is -0.990. The Balaban J connectivity index is 2.88. The van der Waals surface area contributed by atoms with E-state index in [1.165, 1.54) is 0 Å². The highest BCUT2D eigenvalue weighted by atomic mass is 79.9. The third-order valence-electron chi connectivity index (χ3n) is 2.87. The summed E-state index contributed by atoms with van der Waals surface area (Å²) in [5, 5.41) is 7.63. The maximum atomic E-state index is 13.5. The summed E-state index contributed by atoms with van der Waals surface area (Å²) in [5.41, 5.74) is -0.0884. The van der Waals surface area contributed by atoms with Crippen LogP contribution >= 0.6 is 15.9 Å². The van der Waals surface area contributed by atoms with E-state index in [9.17, 15) is 17.6 Å². The molecule has 0 saturated heterocycles. The molecule has 0 spiro atoms. The molecule has 1 rings (SSSR count). The van der Waals surface area contributed by atoms with Crippen LogP contribution in [0.1, 0.15) is 43.0 Å². The van der Waals surface area contributed by atoms with Gasteiger partial charge in [-0.2, -0.15) is 0 Å². The number of amides is 1. The lowest BCUT2D eigenvalue weighted by Crippen LogP contribution is -2.26. The van der Waals surface area contributed by atoms with E-state index >= 15 is 0 Å². The fourth-order valence-corrected chi connectivity index (χ4v) is 3.51. The number of halogens is 2. The summed E-state index contributed by atoms with van der Waals surface area (Å²) in [6.07, 6.45) is 3.97. The third kappa shape index (κ3) is 5.37. The summed E-state index contributed by atoms with van der Waals surface area (Å²) in [5.74, 6) is -1.37. The molecular weight excluding hydrogens is 363 g/mol. The van der Waals surface area contributed by atoms with Crippen LogP contribution in [0.25, 0.3) is 0 Å². The summed E-state index contributed by atoms with van der Waals surface area (Å²) in [7, 11) is -4.11. The highest BCUT2D eigenvalue weighted by Crippen LogP contribution is 2.26. The minimum atomic E-state index is -4.11. The average molecular weight is 381 g/mol. The van der Waals surface area contributed by atoms with E-state index in [1.807, 2.05) is 0 Å². The lowest BCUT2D eigenvalue weighted by atomic mass is 10.2. The van der Waals surface area contributed by atoms with Gasteiger partial charge in [0.1, 0.15) is 5.82 Å². The molecule has 1 amide bonds. The van der Waals surface area contributed by atoms with Crippen molar-refractivity contribution >= 4 is 31.9 Å². The van der Waals surface area contributed by atoms with Gasteiger partial charge < -0.3 is 5.32 Å². The summed E-state index contributed by atoms with van der Waals surface area (Å²) in [4.78, 5) is 11.5. The Labute approximate surface area is 132 Å². The van der Waals surface area contributed by atoms with E-state index in [0.29, 0.717) is 6.54 Å². The second-order valence-corrected chi connectivity index (χ2v) is 6.95. The van der Waals surface area contributed by atoms with Crippen molar-refractivity contribution < 1.29 is 17.6 Å². The molecule has 3 N–H and O–H groups in total. The number of carbonyl (C=O) groups is 1. The van der Waals surface area contributed by atoms with Crippen LogP contribution < -0.4 is 10.5 Å². The molecule has 0 aromatic heterocycles. The molecule has 0 aliphatic heterocycles. The van der Waals surface area contributed by atoms with E-state index in [-0.39, 0.29) is 10.0 Å². The van der Waals surface area contributed by atoms with E-state index in [4.69, 9.17) is 5.14 Å². The zero-order valence-electron chi connectivity index (χ0n) is 11.7. The molecule has 0 aliphatic carbocycles. The molecule has 0 radical (unpaired) electrons. The van der Waals surface area contributed by atoms with Crippen LogP contribution in [0, 0.1) is 5.82 Å². The Morgan fingerprint density at radius 1 is 1.33 bits per heavy atom. The molecule has 5 nitrogen and oxygen atoms in total. The summed E-state index contributed by atoms with van der Waals surface area (Å²) in [6.45, 7) is 2.53. The SMILES string of the molecule is CCCCCCNC(=O)c1cc(F)cc(S(N)(=O)=O)c1Br. The van der Waals surface area contributed by atoms with Gasteiger partial charge in [-0.15, -0.1) is 0 Å². The standard InChI is InChI=1S/C13H18BrFN2O3S/c1-2-3-4-5-6-17-13(18)10-7-9(15)8-11(12(10)14)21(16,19)20/h7-8H,2-6H2,1H3,(H,17,18)(H2,16,19,20). The van der Waals surface area contributed by atoms with E-state index in [2.05, 4.69) is 28.2 Å². The molecule has 1 aromatic rings. The zero-order valence-corrected chi connectivity index (χ0v) is 14.1. The van der Waals surface area contributed by atoms with Gasteiger partial charge in [0.25, 0.3) is 5.91 Å². The van der Waals surface area contributed by atoms with Gasteiger partial charge in [-0.1, -0.05) is 26.2 Å². The Morgan fingerprint density at radius 3 is 2.57 bits per heavy atom. The van der Waals surface area contributed by atoms with Gasteiger partial charge in [0, 0.05) is 6.54 Å². The number of unbranched alkanes of at least 4 members (excludes halogenated alkanes) is 3. The first-order valence-electron chi connectivity index (χ1n) is 6.57. The summed E-state index contributed by atoms with van der Waals surface area (Å²) in [6, 6.07) is 1.75. The second-order valence-electron chi connectivity index (χ2n) is 4.63. The predicted molar refractivity (Wildman–Crippen MR) is 81.9 cm³/mol. The van der Waals surface area contributed by atoms with Gasteiger partial charge >= 0.3 is 0 Å². The van der Waals surface area contributed by atoms with Crippen LogP contribution in [0.15, 0.2) is 21.5 Å². The van der Waals surface area contributed by atoms with Crippen LogP contribution in [0.2, 0.25) is 0 Å². The maximum absolute atomic E-state index is 13.5.